The highest BCUT2D eigenvalue weighted by atomic mass is 16.7. The Labute approximate surface area is 250 Å². The largest absolute Gasteiger partial charge is 0.463 e. The number of aliphatic hydroxyl groups is 4. The second-order valence-corrected chi connectivity index (χ2v) is 11.0. The summed E-state index contributed by atoms with van der Waals surface area (Å²) in [7, 11) is 0. The van der Waals surface area contributed by atoms with Crippen molar-refractivity contribution in [3.05, 3.63) is 0 Å². The van der Waals surface area contributed by atoms with E-state index in [1.54, 1.807) is 0 Å². The Hall–Kier alpha value is -1.83. The fourth-order valence-corrected chi connectivity index (χ4v) is 4.74. The molecule has 0 radical (unpaired) electrons. The monoisotopic (exact) mass is 606 g/mol. The summed E-state index contributed by atoms with van der Waals surface area (Å²) in [5.41, 5.74) is 0. The number of unbranched alkanes of at least 4 members (excludes halogenated alkanes) is 12. The van der Waals surface area contributed by atoms with E-state index in [4.69, 9.17) is 28.8 Å². The molecule has 0 bridgehead atoms. The predicted octanol–water partition coefficient (Wildman–Crippen LogP) is 2.69. The van der Waals surface area contributed by atoms with E-state index in [2.05, 4.69) is 6.92 Å². The van der Waals surface area contributed by atoms with Crippen molar-refractivity contribution in [2.24, 2.45) is 0 Å². The normalized spacial score (nSPS) is 23.6. The van der Waals surface area contributed by atoms with Gasteiger partial charge in [-0.15, -0.1) is 0 Å². The van der Waals surface area contributed by atoms with Gasteiger partial charge in [0.05, 0.1) is 13.2 Å². The van der Waals surface area contributed by atoms with Gasteiger partial charge in [-0.25, -0.2) is 0 Å². The predicted molar refractivity (Wildman–Crippen MR) is 152 cm³/mol. The number of hydrogen-bond donors (Lipinski definition) is 4. The van der Waals surface area contributed by atoms with Crippen molar-refractivity contribution in [3.63, 3.8) is 0 Å². The van der Waals surface area contributed by atoms with Crippen molar-refractivity contribution < 1.29 is 58.5 Å². The summed E-state index contributed by atoms with van der Waals surface area (Å²) in [5, 5.41) is 39.5. The number of carbonyl (C=O) groups is 3. The van der Waals surface area contributed by atoms with Crippen LogP contribution in [0.1, 0.15) is 111 Å². The molecule has 0 saturated carbocycles. The lowest BCUT2D eigenvalue weighted by atomic mass is 9.98. The van der Waals surface area contributed by atoms with E-state index >= 15 is 0 Å². The van der Waals surface area contributed by atoms with Crippen molar-refractivity contribution in [1.29, 1.82) is 0 Å². The highest BCUT2D eigenvalue weighted by molar-refractivity contribution is 5.70. The van der Waals surface area contributed by atoms with Gasteiger partial charge in [0.1, 0.15) is 31.0 Å². The van der Waals surface area contributed by atoms with Gasteiger partial charge >= 0.3 is 17.9 Å². The molecule has 246 valence electrons. The molecule has 0 aromatic carbocycles. The Balaban J connectivity index is 2.61. The molecule has 12 nitrogen and oxygen atoms in total. The quantitative estimate of drug-likeness (QED) is 0.0760. The van der Waals surface area contributed by atoms with Crippen molar-refractivity contribution in [3.8, 4) is 0 Å². The second kappa shape index (κ2) is 22.7. The van der Waals surface area contributed by atoms with Crippen molar-refractivity contribution in [2.45, 2.75) is 154 Å². The molecular weight excluding hydrogens is 552 g/mol. The minimum Gasteiger partial charge on any atom is -0.463 e. The Morgan fingerprint density at radius 1 is 0.762 bits per heavy atom. The Morgan fingerprint density at radius 3 is 1.81 bits per heavy atom. The molecule has 0 aromatic rings. The van der Waals surface area contributed by atoms with Gasteiger partial charge in [-0.2, -0.15) is 0 Å². The average molecular weight is 607 g/mol. The first-order valence-corrected chi connectivity index (χ1v) is 15.5. The molecule has 4 N–H and O–H groups in total. The number of carbonyl (C=O) groups excluding carboxylic acids is 3. The van der Waals surface area contributed by atoms with E-state index in [9.17, 15) is 29.7 Å². The second-order valence-electron chi connectivity index (χ2n) is 11.0. The molecule has 0 aliphatic carbocycles. The van der Waals surface area contributed by atoms with Crippen LogP contribution in [0.5, 0.6) is 0 Å². The van der Waals surface area contributed by atoms with Crippen LogP contribution in [0.2, 0.25) is 0 Å². The van der Waals surface area contributed by atoms with Crippen LogP contribution in [0.3, 0.4) is 0 Å². The van der Waals surface area contributed by atoms with Crippen LogP contribution in [0, 0.1) is 0 Å². The number of aliphatic hydroxyl groups excluding tert-OH is 4. The Kier molecular flexibility index (Phi) is 20.6. The van der Waals surface area contributed by atoms with Crippen molar-refractivity contribution >= 4 is 17.9 Å². The summed E-state index contributed by atoms with van der Waals surface area (Å²) in [4.78, 5) is 35.9. The first-order chi connectivity index (χ1) is 20.1. The van der Waals surface area contributed by atoms with Crippen molar-refractivity contribution in [2.75, 3.05) is 19.8 Å². The SMILES string of the molecule is CCCCCCCCCCCCCCCC(=O)OC1C(O)C(COC(C)=O)OC(OCC(O)C(O)CO)C1OC(C)=O. The van der Waals surface area contributed by atoms with Gasteiger partial charge in [-0.3, -0.25) is 14.4 Å². The third kappa shape index (κ3) is 16.1. The molecule has 1 saturated heterocycles. The maximum absolute atomic E-state index is 12.7. The molecule has 1 aliphatic heterocycles. The number of ether oxygens (including phenoxy) is 5. The van der Waals surface area contributed by atoms with Crippen LogP contribution in [-0.2, 0) is 38.1 Å². The molecule has 0 spiro atoms. The molecule has 7 atom stereocenters. The minimum absolute atomic E-state index is 0.0934. The first-order valence-electron chi connectivity index (χ1n) is 15.5. The minimum atomic E-state index is -1.53. The lowest BCUT2D eigenvalue weighted by molar-refractivity contribution is -0.311. The molecule has 0 amide bonds. The summed E-state index contributed by atoms with van der Waals surface area (Å²) in [5.74, 6) is -2.01. The van der Waals surface area contributed by atoms with Gasteiger partial charge in [-0.05, 0) is 6.42 Å². The molecule has 1 aliphatic rings. The summed E-state index contributed by atoms with van der Waals surface area (Å²) < 4.78 is 26.9. The van der Waals surface area contributed by atoms with Gasteiger partial charge in [-0.1, -0.05) is 84.0 Å². The smallest absolute Gasteiger partial charge is 0.306 e. The highest BCUT2D eigenvalue weighted by Crippen LogP contribution is 2.28. The molecule has 1 fully saturated rings. The number of rotatable bonds is 23. The zero-order valence-electron chi connectivity index (χ0n) is 25.6. The zero-order chi connectivity index (χ0) is 31.3. The van der Waals surface area contributed by atoms with Crippen LogP contribution in [0.25, 0.3) is 0 Å². The van der Waals surface area contributed by atoms with Crippen LogP contribution in [-0.4, -0.2) is 101 Å². The standard InChI is InChI=1S/C30H54O12/c1-4-5-6-7-8-9-10-11-12-13-14-15-16-17-26(36)42-28-27(37)25(20-38-21(2)32)41-30(29(28)40-22(3)33)39-19-24(35)23(34)18-31/h23-25,27-31,34-35,37H,4-20H2,1-3H3. The maximum atomic E-state index is 12.7. The van der Waals surface area contributed by atoms with Gasteiger partial charge in [0.2, 0.25) is 0 Å². The summed E-state index contributed by atoms with van der Waals surface area (Å²) in [6.07, 6.45) is 5.13. The first kappa shape index (κ1) is 38.2. The van der Waals surface area contributed by atoms with E-state index in [1.165, 1.54) is 64.7 Å². The fourth-order valence-electron chi connectivity index (χ4n) is 4.74. The fraction of sp³-hybridized carbons (Fsp3) is 0.900. The average Bonchev–Trinajstić information content (AvgIpc) is 2.95. The third-order valence-corrected chi connectivity index (χ3v) is 7.19. The molecule has 12 heteroatoms. The van der Waals surface area contributed by atoms with Crippen LogP contribution >= 0.6 is 0 Å². The van der Waals surface area contributed by atoms with Crippen molar-refractivity contribution in [1.82, 2.24) is 0 Å². The van der Waals surface area contributed by atoms with Gasteiger partial charge in [0.15, 0.2) is 18.5 Å². The van der Waals surface area contributed by atoms with Crippen LogP contribution in [0.15, 0.2) is 0 Å². The highest BCUT2D eigenvalue weighted by Gasteiger charge is 2.50. The summed E-state index contributed by atoms with van der Waals surface area (Å²) in [6, 6.07) is 0. The van der Waals surface area contributed by atoms with E-state index in [0.29, 0.717) is 6.42 Å². The van der Waals surface area contributed by atoms with Gasteiger partial charge in [0, 0.05) is 20.3 Å². The van der Waals surface area contributed by atoms with Crippen LogP contribution < -0.4 is 0 Å². The molecule has 1 rings (SSSR count). The number of esters is 3. The lowest BCUT2D eigenvalue weighted by Gasteiger charge is -2.43. The summed E-state index contributed by atoms with van der Waals surface area (Å²) >= 11 is 0. The molecule has 1 heterocycles. The molecule has 42 heavy (non-hydrogen) atoms. The zero-order valence-corrected chi connectivity index (χ0v) is 25.6. The van der Waals surface area contributed by atoms with Gasteiger partial charge in [0.25, 0.3) is 0 Å². The summed E-state index contributed by atoms with van der Waals surface area (Å²) in [6.45, 7) is 2.84. The number of hydrogen-bond acceptors (Lipinski definition) is 12. The van der Waals surface area contributed by atoms with E-state index < -0.39 is 80.6 Å². The Morgan fingerprint density at radius 2 is 1.31 bits per heavy atom. The van der Waals surface area contributed by atoms with Gasteiger partial charge < -0.3 is 44.1 Å². The lowest BCUT2D eigenvalue weighted by Crippen LogP contribution is -2.62. The third-order valence-electron chi connectivity index (χ3n) is 7.19. The van der Waals surface area contributed by atoms with E-state index in [1.807, 2.05) is 0 Å². The van der Waals surface area contributed by atoms with Crippen LogP contribution in [0.4, 0.5) is 0 Å². The topological polar surface area (TPSA) is 178 Å². The maximum Gasteiger partial charge on any atom is 0.306 e. The molecule has 7 unspecified atom stereocenters. The van der Waals surface area contributed by atoms with E-state index in [-0.39, 0.29) is 6.42 Å². The van der Waals surface area contributed by atoms with E-state index in [0.717, 1.165) is 26.2 Å². The molecular formula is C30H54O12. The molecule has 0 aromatic heterocycles. The Bertz CT molecular complexity index is 748.